The molecular weight excluding hydrogens is 424 g/mol. The quantitative estimate of drug-likeness (QED) is 0.261. The predicted octanol–water partition coefficient (Wildman–Crippen LogP) is 1.37. The number of rotatable bonds is 14. The summed E-state index contributed by atoms with van der Waals surface area (Å²) in [6.45, 7) is 10.3. The number of aliphatic hydroxyl groups is 1. The lowest BCUT2D eigenvalue weighted by atomic mass is 9.90. The van der Waals surface area contributed by atoms with Crippen LogP contribution in [0.15, 0.2) is 0 Å². The molecule has 0 aromatic carbocycles. The summed E-state index contributed by atoms with van der Waals surface area (Å²) >= 11 is 0. The summed E-state index contributed by atoms with van der Waals surface area (Å²) in [5.74, 6) is -1.37. The molecule has 1 aliphatic rings. The second-order valence-electron chi connectivity index (χ2n) is 10.4. The van der Waals surface area contributed by atoms with E-state index in [1.807, 2.05) is 27.7 Å². The average Bonchev–Trinajstić information content (AvgIpc) is 3.19. The Labute approximate surface area is 198 Å². The molecule has 190 valence electrons. The maximum atomic E-state index is 13.0. The normalized spacial score (nSPS) is 17.9. The highest BCUT2D eigenvalue weighted by atomic mass is 16.3. The number of nitrogens with two attached hydrogens (primary N) is 1. The maximum absolute atomic E-state index is 13.0. The molecule has 0 aliphatic heterocycles. The van der Waals surface area contributed by atoms with E-state index < -0.39 is 29.5 Å². The first-order chi connectivity index (χ1) is 15.4. The first kappa shape index (κ1) is 28.9. The topological polar surface area (TPSA) is 151 Å². The van der Waals surface area contributed by atoms with Crippen molar-refractivity contribution in [1.82, 2.24) is 16.0 Å². The van der Waals surface area contributed by atoms with Gasteiger partial charge >= 0.3 is 0 Å². The van der Waals surface area contributed by atoms with E-state index >= 15 is 0 Å². The minimum atomic E-state index is -0.944. The highest BCUT2D eigenvalue weighted by molar-refractivity contribution is 5.92. The van der Waals surface area contributed by atoms with Crippen LogP contribution < -0.4 is 21.7 Å². The number of primary amides is 1. The average molecular weight is 469 g/mol. The first-order valence-corrected chi connectivity index (χ1v) is 12.2. The summed E-state index contributed by atoms with van der Waals surface area (Å²) < 4.78 is 0. The van der Waals surface area contributed by atoms with Gasteiger partial charge in [0, 0.05) is 25.3 Å². The van der Waals surface area contributed by atoms with Gasteiger partial charge < -0.3 is 26.8 Å². The zero-order valence-electron chi connectivity index (χ0n) is 20.9. The number of carbonyl (C=O) groups excluding carboxylic acids is 4. The Kier molecular flexibility index (Phi) is 11.8. The molecule has 1 fully saturated rings. The summed E-state index contributed by atoms with van der Waals surface area (Å²) in [4.78, 5) is 48.9. The molecule has 0 heterocycles. The van der Waals surface area contributed by atoms with E-state index in [-0.39, 0.29) is 42.9 Å². The standard InChI is InChI=1S/C24H44N4O5/c1-15(2)12-18(27-21(31)9-8-20(25)30)19(29)13-17(5)22(32)28-24(10-6-7-11-24)23(33)26-14-16(3)4/h15-19,29H,6-14H2,1-5H3,(H2,25,30)(H,26,33)(H,27,31)(H,28,32). The van der Waals surface area contributed by atoms with E-state index in [9.17, 15) is 24.3 Å². The predicted molar refractivity (Wildman–Crippen MR) is 127 cm³/mol. The van der Waals surface area contributed by atoms with Crippen LogP contribution in [0.1, 0.15) is 86.0 Å². The third kappa shape index (κ3) is 10.1. The zero-order chi connectivity index (χ0) is 25.2. The second-order valence-corrected chi connectivity index (χ2v) is 10.4. The lowest BCUT2D eigenvalue weighted by Gasteiger charge is -2.32. The van der Waals surface area contributed by atoms with Crippen LogP contribution in [0.2, 0.25) is 0 Å². The van der Waals surface area contributed by atoms with Gasteiger partial charge in [-0.2, -0.15) is 0 Å². The van der Waals surface area contributed by atoms with E-state index in [0.29, 0.717) is 31.7 Å². The number of hydrogen-bond acceptors (Lipinski definition) is 5. The third-order valence-corrected chi connectivity index (χ3v) is 6.10. The van der Waals surface area contributed by atoms with Crippen LogP contribution in [0.3, 0.4) is 0 Å². The summed E-state index contributed by atoms with van der Waals surface area (Å²) in [7, 11) is 0. The van der Waals surface area contributed by atoms with Crippen LogP contribution in [-0.4, -0.2) is 53.0 Å². The SMILES string of the molecule is CC(C)CNC(=O)C1(NC(=O)C(C)CC(O)C(CC(C)C)NC(=O)CCC(N)=O)CCCC1. The molecule has 9 nitrogen and oxygen atoms in total. The minimum absolute atomic E-state index is 0.0410. The summed E-state index contributed by atoms with van der Waals surface area (Å²) in [6, 6.07) is -0.546. The molecule has 0 spiro atoms. The number of nitrogens with one attached hydrogen (secondary N) is 3. The van der Waals surface area contributed by atoms with Crippen molar-refractivity contribution in [3.05, 3.63) is 0 Å². The molecule has 3 unspecified atom stereocenters. The molecular formula is C24H44N4O5. The van der Waals surface area contributed by atoms with Crippen LogP contribution in [0.25, 0.3) is 0 Å². The van der Waals surface area contributed by atoms with E-state index in [4.69, 9.17) is 5.73 Å². The molecule has 0 bridgehead atoms. The lowest BCUT2D eigenvalue weighted by molar-refractivity contribution is -0.135. The van der Waals surface area contributed by atoms with Gasteiger partial charge in [-0.3, -0.25) is 19.2 Å². The highest BCUT2D eigenvalue weighted by Crippen LogP contribution is 2.30. The molecule has 1 saturated carbocycles. The summed E-state index contributed by atoms with van der Waals surface area (Å²) in [5, 5.41) is 19.5. The molecule has 1 aliphatic carbocycles. The van der Waals surface area contributed by atoms with Crippen molar-refractivity contribution < 1.29 is 24.3 Å². The minimum Gasteiger partial charge on any atom is -0.391 e. The van der Waals surface area contributed by atoms with E-state index in [2.05, 4.69) is 16.0 Å². The molecule has 9 heteroatoms. The molecule has 0 saturated heterocycles. The van der Waals surface area contributed by atoms with Gasteiger partial charge in [-0.1, -0.05) is 47.5 Å². The summed E-state index contributed by atoms with van der Waals surface area (Å²) in [6.07, 6.45) is 2.58. The van der Waals surface area contributed by atoms with E-state index in [1.165, 1.54) is 0 Å². The summed E-state index contributed by atoms with van der Waals surface area (Å²) in [5.41, 5.74) is 4.21. The van der Waals surface area contributed by atoms with Crippen LogP contribution >= 0.6 is 0 Å². The Balaban J connectivity index is 2.76. The molecule has 4 amide bonds. The fourth-order valence-electron chi connectivity index (χ4n) is 4.18. The monoisotopic (exact) mass is 468 g/mol. The van der Waals surface area contributed by atoms with Gasteiger partial charge in [0.05, 0.1) is 12.1 Å². The fraction of sp³-hybridized carbons (Fsp3) is 0.833. The highest BCUT2D eigenvalue weighted by Gasteiger charge is 2.43. The Morgan fingerprint density at radius 2 is 1.55 bits per heavy atom. The van der Waals surface area contributed by atoms with Crippen molar-refractivity contribution in [2.45, 2.75) is 104 Å². The Morgan fingerprint density at radius 3 is 2.06 bits per heavy atom. The van der Waals surface area contributed by atoms with E-state index in [1.54, 1.807) is 6.92 Å². The fourth-order valence-corrected chi connectivity index (χ4v) is 4.18. The van der Waals surface area contributed by atoms with Crippen molar-refractivity contribution in [3.63, 3.8) is 0 Å². The van der Waals surface area contributed by atoms with Gasteiger partial charge in [-0.15, -0.1) is 0 Å². The molecule has 0 aromatic heterocycles. The van der Waals surface area contributed by atoms with Crippen LogP contribution in [0.5, 0.6) is 0 Å². The lowest BCUT2D eigenvalue weighted by Crippen LogP contribution is -2.58. The largest absolute Gasteiger partial charge is 0.391 e. The van der Waals surface area contributed by atoms with Crippen molar-refractivity contribution in [1.29, 1.82) is 0 Å². The van der Waals surface area contributed by atoms with Gasteiger partial charge in [0.1, 0.15) is 5.54 Å². The van der Waals surface area contributed by atoms with Crippen molar-refractivity contribution in [2.24, 2.45) is 23.5 Å². The van der Waals surface area contributed by atoms with Gasteiger partial charge in [-0.05, 0) is 37.5 Å². The Bertz CT molecular complexity index is 674. The molecule has 3 atom stereocenters. The number of carbonyl (C=O) groups is 4. The van der Waals surface area contributed by atoms with Gasteiger partial charge in [-0.25, -0.2) is 0 Å². The molecule has 0 aromatic rings. The van der Waals surface area contributed by atoms with Crippen LogP contribution in [0, 0.1) is 17.8 Å². The number of aliphatic hydroxyl groups excluding tert-OH is 1. The van der Waals surface area contributed by atoms with Crippen molar-refractivity contribution in [2.75, 3.05) is 6.54 Å². The second kappa shape index (κ2) is 13.5. The maximum Gasteiger partial charge on any atom is 0.245 e. The molecule has 6 N–H and O–H groups in total. The third-order valence-electron chi connectivity index (χ3n) is 6.10. The van der Waals surface area contributed by atoms with Gasteiger partial charge in [0.15, 0.2) is 0 Å². The van der Waals surface area contributed by atoms with Gasteiger partial charge in [0.2, 0.25) is 23.6 Å². The van der Waals surface area contributed by atoms with Gasteiger partial charge in [0.25, 0.3) is 0 Å². The van der Waals surface area contributed by atoms with Crippen LogP contribution in [-0.2, 0) is 19.2 Å². The zero-order valence-corrected chi connectivity index (χ0v) is 20.9. The van der Waals surface area contributed by atoms with Crippen LogP contribution in [0.4, 0.5) is 0 Å². The molecule has 33 heavy (non-hydrogen) atoms. The molecule has 1 rings (SSSR count). The number of amides is 4. The molecule has 0 radical (unpaired) electrons. The van der Waals surface area contributed by atoms with Crippen molar-refractivity contribution >= 4 is 23.6 Å². The van der Waals surface area contributed by atoms with E-state index in [0.717, 1.165) is 12.8 Å². The Hall–Kier alpha value is -2.16. The first-order valence-electron chi connectivity index (χ1n) is 12.2. The Morgan fingerprint density at radius 1 is 0.939 bits per heavy atom. The van der Waals surface area contributed by atoms with Crippen molar-refractivity contribution in [3.8, 4) is 0 Å². The number of hydrogen-bond donors (Lipinski definition) is 5. The smallest absolute Gasteiger partial charge is 0.245 e.